The van der Waals surface area contributed by atoms with E-state index in [-0.39, 0.29) is 0 Å². The fourth-order valence-corrected chi connectivity index (χ4v) is 3.61. The first-order valence-electron chi connectivity index (χ1n) is 7.69. The van der Waals surface area contributed by atoms with Gasteiger partial charge in [0.05, 0.1) is 35.2 Å². The van der Waals surface area contributed by atoms with Gasteiger partial charge < -0.3 is 14.6 Å². The van der Waals surface area contributed by atoms with Crippen LogP contribution in [-0.2, 0) is 22.4 Å². The molecule has 1 aliphatic carbocycles. The van der Waals surface area contributed by atoms with E-state index in [9.17, 15) is 5.11 Å². The molecule has 0 radical (unpaired) electrons. The molecule has 1 N–H and O–H groups in total. The fraction of sp³-hybridized carbons (Fsp3) is 0.800. The number of hydrogen-bond donors (Lipinski definition) is 1. The molecule has 1 saturated heterocycles. The Bertz CT molecular complexity index is 513. The number of halogens is 1. The molecule has 118 valence electrons. The largest absolute Gasteiger partial charge is 0.389 e. The molecular formula is C15H23ClN2O3. The maximum Gasteiger partial charge on any atom is 0.168 e. The van der Waals surface area contributed by atoms with Crippen LogP contribution in [0.5, 0.6) is 0 Å². The van der Waals surface area contributed by atoms with Crippen LogP contribution in [0.4, 0.5) is 0 Å². The Morgan fingerprint density at radius 3 is 2.43 bits per heavy atom. The molecule has 1 aromatic rings. The van der Waals surface area contributed by atoms with E-state index in [0.29, 0.717) is 37.5 Å². The Kier molecular flexibility index (Phi) is 4.03. The highest BCUT2D eigenvalue weighted by Crippen LogP contribution is 2.42. The summed E-state index contributed by atoms with van der Waals surface area (Å²) in [5.41, 5.74) is 1.01. The molecule has 0 amide bonds. The van der Waals surface area contributed by atoms with Gasteiger partial charge in [0.25, 0.3) is 0 Å². The van der Waals surface area contributed by atoms with Gasteiger partial charge in [-0.25, -0.2) is 0 Å². The molecule has 3 rings (SSSR count). The number of nitrogens with zero attached hydrogens (tertiary/aromatic N) is 2. The highest BCUT2D eigenvalue weighted by atomic mass is 35.5. The number of aromatic nitrogens is 2. The number of aliphatic hydroxyl groups is 1. The van der Waals surface area contributed by atoms with Crippen LogP contribution in [0.1, 0.15) is 44.0 Å². The number of ether oxygens (including phenoxy) is 2. The highest BCUT2D eigenvalue weighted by molar-refractivity contribution is 6.31. The minimum absolute atomic E-state index is 0.447. The Morgan fingerprint density at radius 1 is 1.24 bits per heavy atom. The Balaban J connectivity index is 1.73. The minimum atomic E-state index is -0.746. The zero-order valence-corrected chi connectivity index (χ0v) is 13.4. The standard InChI is InChI=1S/C15H23ClN2O3/c1-3-18-12(13(16)11(2)17-18)10-14(19)4-6-15(7-5-14)20-8-9-21-15/h19H,3-10H2,1-2H3. The van der Waals surface area contributed by atoms with Crippen molar-refractivity contribution < 1.29 is 14.6 Å². The molecule has 5 nitrogen and oxygen atoms in total. The molecule has 2 fully saturated rings. The maximum absolute atomic E-state index is 10.9. The monoisotopic (exact) mass is 314 g/mol. The number of hydrogen-bond acceptors (Lipinski definition) is 4. The summed E-state index contributed by atoms with van der Waals surface area (Å²) < 4.78 is 13.3. The molecule has 0 atom stereocenters. The van der Waals surface area contributed by atoms with Crippen LogP contribution in [0.15, 0.2) is 0 Å². The van der Waals surface area contributed by atoms with Crippen LogP contribution in [0, 0.1) is 6.92 Å². The van der Waals surface area contributed by atoms with Crippen molar-refractivity contribution in [3.63, 3.8) is 0 Å². The lowest BCUT2D eigenvalue weighted by molar-refractivity contribution is -0.202. The summed E-state index contributed by atoms with van der Waals surface area (Å²) in [6.45, 7) is 6.01. The Labute approximate surface area is 130 Å². The second-order valence-corrected chi connectivity index (χ2v) is 6.55. The minimum Gasteiger partial charge on any atom is -0.389 e. The van der Waals surface area contributed by atoms with E-state index in [1.54, 1.807) is 0 Å². The van der Waals surface area contributed by atoms with Crippen molar-refractivity contribution in [1.29, 1.82) is 0 Å². The van der Waals surface area contributed by atoms with E-state index in [2.05, 4.69) is 5.10 Å². The van der Waals surface area contributed by atoms with Gasteiger partial charge >= 0.3 is 0 Å². The quantitative estimate of drug-likeness (QED) is 0.931. The second kappa shape index (κ2) is 5.54. The topological polar surface area (TPSA) is 56.5 Å². The molecule has 2 heterocycles. The van der Waals surface area contributed by atoms with Crippen molar-refractivity contribution in [1.82, 2.24) is 9.78 Å². The summed E-state index contributed by atoms with van der Waals surface area (Å²) in [7, 11) is 0. The van der Waals surface area contributed by atoms with Crippen LogP contribution >= 0.6 is 11.6 Å². The van der Waals surface area contributed by atoms with Crippen molar-refractivity contribution >= 4 is 11.6 Å². The van der Waals surface area contributed by atoms with Crippen molar-refractivity contribution in [2.45, 2.75) is 63.9 Å². The van der Waals surface area contributed by atoms with E-state index in [0.717, 1.165) is 30.8 Å². The highest BCUT2D eigenvalue weighted by Gasteiger charge is 2.46. The molecule has 0 aromatic carbocycles. The lowest BCUT2D eigenvalue weighted by Crippen LogP contribution is -2.45. The average Bonchev–Trinajstić information content (AvgIpc) is 3.03. The van der Waals surface area contributed by atoms with Gasteiger partial charge in [0, 0.05) is 25.8 Å². The molecule has 0 bridgehead atoms. The molecule has 2 aliphatic rings. The molecule has 1 spiro atoms. The van der Waals surface area contributed by atoms with E-state index >= 15 is 0 Å². The lowest BCUT2D eigenvalue weighted by Gasteiger charge is -2.40. The summed E-state index contributed by atoms with van der Waals surface area (Å²) in [6.07, 6.45) is 3.34. The normalized spacial score (nSPS) is 23.8. The zero-order chi connectivity index (χ0) is 15.1. The van der Waals surface area contributed by atoms with E-state index in [1.165, 1.54) is 0 Å². The van der Waals surface area contributed by atoms with Gasteiger partial charge in [0.1, 0.15) is 0 Å². The zero-order valence-electron chi connectivity index (χ0n) is 12.7. The number of rotatable bonds is 3. The molecular weight excluding hydrogens is 292 g/mol. The molecule has 0 unspecified atom stereocenters. The summed E-state index contributed by atoms with van der Waals surface area (Å²) in [4.78, 5) is 0. The van der Waals surface area contributed by atoms with Gasteiger partial charge in [0.15, 0.2) is 5.79 Å². The molecule has 1 aromatic heterocycles. The molecule has 1 aliphatic heterocycles. The lowest BCUT2D eigenvalue weighted by atomic mass is 9.78. The predicted molar refractivity (Wildman–Crippen MR) is 79.4 cm³/mol. The molecule has 1 saturated carbocycles. The summed E-state index contributed by atoms with van der Waals surface area (Å²) >= 11 is 6.35. The van der Waals surface area contributed by atoms with Crippen molar-refractivity contribution in [3.8, 4) is 0 Å². The van der Waals surface area contributed by atoms with Crippen molar-refractivity contribution in [2.24, 2.45) is 0 Å². The van der Waals surface area contributed by atoms with Crippen LogP contribution in [-0.4, -0.2) is 39.5 Å². The van der Waals surface area contributed by atoms with Crippen molar-refractivity contribution in [2.75, 3.05) is 13.2 Å². The van der Waals surface area contributed by atoms with Gasteiger partial charge in [-0.2, -0.15) is 5.10 Å². The molecule has 21 heavy (non-hydrogen) atoms. The number of aryl methyl sites for hydroxylation is 2. The molecule has 6 heteroatoms. The van der Waals surface area contributed by atoms with Gasteiger partial charge in [-0.1, -0.05) is 11.6 Å². The SMILES string of the molecule is CCn1nc(C)c(Cl)c1CC1(O)CCC2(CC1)OCCO2. The van der Waals surface area contributed by atoms with Crippen LogP contribution < -0.4 is 0 Å². The van der Waals surface area contributed by atoms with Crippen LogP contribution in [0.2, 0.25) is 5.02 Å². The first-order chi connectivity index (χ1) is 9.97. The summed E-state index contributed by atoms with van der Waals surface area (Å²) in [5.74, 6) is -0.447. The van der Waals surface area contributed by atoms with E-state index < -0.39 is 11.4 Å². The third kappa shape index (κ3) is 2.84. The average molecular weight is 315 g/mol. The smallest absolute Gasteiger partial charge is 0.168 e. The van der Waals surface area contributed by atoms with Gasteiger partial charge in [-0.15, -0.1) is 0 Å². The first-order valence-corrected chi connectivity index (χ1v) is 8.07. The summed E-state index contributed by atoms with van der Waals surface area (Å²) in [6, 6.07) is 0. The second-order valence-electron chi connectivity index (χ2n) is 6.17. The fourth-order valence-electron chi connectivity index (χ4n) is 3.41. The third-order valence-electron chi connectivity index (χ3n) is 4.71. The Morgan fingerprint density at radius 2 is 1.86 bits per heavy atom. The van der Waals surface area contributed by atoms with Gasteiger partial charge in [0.2, 0.25) is 0 Å². The third-order valence-corrected chi connectivity index (χ3v) is 5.20. The van der Waals surface area contributed by atoms with Gasteiger partial charge in [-0.05, 0) is 26.7 Å². The van der Waals surface area contributed by atoms with Crippen LogP contribution in [0.25, 0.3) is 0 Å². The van der Waals surface area contributed by atoms with E-state index in [4.69, 9.17) is 21.1 Å². The van der Waals surface area contributed by atoms with Crippen molar-refractivity contribution in [3.05, 3.63) is 16.4 Å². The predicted octanol–water partition coefficient (Wildman–Crippen LogP) is 2.46. The summed E-state index contributed by atoms with van der Waals surface area (Å²) in [5, 5.41) is 16.0. The van der Waals surface area contributed by atoms with Crippen LogP contribution in [0.3, 0.4) is 0 Å². The Hall–Kier alpha value is -0.620. The first kappa shape index (κ1) is 15.3. The maximum atomic E-state index is 10.9. The van der Waals surface area contributed by atoms with E-state index in [1.807, 2.05) is 18.5 Å². The van der Waals surface area contributed by atoms with Gasteiger partial charge in [-0.3, -0.25) is 4.68 Å².